The molecule has 0 N–H and O–H groups in total. The zero-order valence-electron chi connectivity index (χ0n) is 1.79. The molecule has 1 radical (unpaired) electrons. The molecule has 0 unspecified atom stereocenters. The van der Waals surface area contributed by atoms with Crippen molar-refractivity contribution in [2.45, 2.75) is 0 Å². The van der Waals surface area contributed by atoms with E-state index < -0.39 is 0 Å². The Morgan fingerprint density at radius 2 is 1.00 bits per heavy atom. The van der Waals surface area contributed by atoms with Crippen LogP contribution in [0.4, 0.5) is 0 Å². The molecule has 0 aliphatic rings. The summed E-state index contributed by atoms with van der Waals surface area (Å²) in [5.74, 6) is 0. The van der Waals surface area contributed by atoms with Gasteiger partial charge in [-0.1, -0.05) is 0 Å². The number of thiol groups is 3. The smallest absolute Gasteiger partial charge is 0 e. The largest absolute Gasteiger partial charge is 0.813 e. The summed E-state index contributed by atoms with van der Waals surface area (Å²) in [7, 11) is 0. The standard InChI is InChI=1S/H2S2.H2S.V/c1-2;;/h1-2H;1H2;/p-1. The van der Waals surface area contributed by atoms with Gasteiger partial charge in [-0.25, -0.2) is 0 Å². The molecule has 0 fully saturated rings. The van der Waals surface area contributed by atoms with Gasteiger partial charge in [0.1, 0.15) is 0 Å². The van der Waals surface area contributed by atoms with Crippen LogP contribution in [0.1, 0.15) is 0 Å². The summed E-state index contributed by atoms with van der Waals surface area (Å²) in [5, 5.41) is 0. The Kier molecular flexibility index (Phi) is 99.9. The summed E-state index contributed by atoms with van der Waals surface area (Å²) in [6, 6.07) is 0. The predicted octanol–water partition coefficient (Wildman–Crippen LogP) is 0.488. The summed E-state index contributed by atoms with van der Waals surface area (Å²) in [6.45, 7) is 0. The first kappa shape index (κ1) is 17.4. The van der Waals surface area contributed by atoms with Gasteiger partial charge >= 0.3 is 0 Å². The molecular weight excluding hydrogens is 147 g/mol. The Bertz CT molecular complexity index is 3.25. The van der Waals surface area contributed by atoms with Gasteiger partial charge < -0.3 is 13.5 Å². The minimum Gasteiger partial charge on any atom is -0.813 e. The van der Waals surface area contributed by atoms with Crippen LogP contribution in [0.25, 0.3) is 0 Å². The summed E-state index contributed by atoms with van der Waals surface area (Å²) >= 11 is 6.44. The predicted molar refractivity (Wildman–Crippen MR) is 26.7 cm³/mol. The third-order valence-corrected chi connectivity index (χ3v) is 0. The van der Waals surface area contributed by atoms with Crippen LogP contribution in [-0.2, 0) is 32.1 Å². The van der Waals surface area contributed by atoms with Crippen molar-refractivity contribution in [2.24, 2.45) is 0 Å². The van der Waals surface area contributed by atoms with E-state index in [0.717, 1.165) is 0 Å². The van der Waals surface area contributed by atoms with Gasteiger partial charge in [0.15, 0.2) is 0 Å². The fourth-order valence-electron chi connectivity index (χ4n) is 0. The SMILES string of the molecule is SS.[SH-].[V]. The second kappa shape index (κ2) is 22.9. The molecule has 0 aliphatic carbocycles. The van der Waals surface area contributed by atoms with E-state index in [1.54, 1.807) is 0 Å². The number of hydrogen-bond donors (Lipinski definition) is 2. The Morgan fingerprint density at radius 3 is 1.00 bits per heavy atom. The molecule has 0 saturated heterocycles. The Hall–Kier alpha value is 1.63. The zero-order valence-corrected chi connectivity index (χ0v) is 5.87. The van der Waals surface area contributed by atoms with E-state index in [4.69, 9.17) is 0 Å². The summed E-state index contributed by atoms with van der Waals surface area (Å²) in [4.78, 5) is 0. The van der Waals surface area contributed by atoms with Crippen LogP contribution >= 0.6 is 23.3 Å². The first-order valence-corrected chi connectivity index (χ1v) is 1.80. The third-order valence-electron chi connectivity index (χ3n) is 0. The topological polar surface area (TPSA) is 0 Å². The Morgan fingerprint density at radius 1 is 1.00 bits per heavy atom. The molecule has 0 aromatic rings. The molecule has 4 heavy (non-hydrogen) atoms. The molecule has 0 bridgehead atoms. The Balaban J connectivity index is -0.00000000500. The van der Waals surface area contributed by atoms with Crippen molar-refractivity contribution in [3.05, 3.63) is 0 Å². The molecule has 0 atom stereocenters. The van der Waals surface area contributed by atoms with Gasteiger partial charge in [-0.15, -0.1) is 23.3 Å². The molecule has 0 aromatic heterocycles. The molecule has 0 heterocycles. The van der Waals surface area contributed by atoms with Crippen LogP contribution in [-0.4, -0.2) is 0 Å². The van der Waals surface area contributed by atoms with E-state index in [1.807, 2.05) is 0 Å². The molecular formula is H3S3V-. The first-order chi connectivity index (χ1) is 1.00. The average molecular weight is 150 g/mol. The minimum absolute atomic E-state index is 0. The number of hydrogen-bond acceptors (Lipinski definition) is 3. The second-order valence-corrected chi connectivity index (χ2v) is 0. The van der Waals surface area contributed by atoms with Gasteiger partial charge in [-0.3, -0.25) is 0 Å². The molecule has 0 amide bonds. The van der Waals surface area contributed by atoms with Crippen LogP contribution in [0.2, 0.25) is 0 Å². The molecule has 0 rings (SSSR count). The van der Waals surface area contributed by atoms with Crippen molar-refractivity contribution in [1.29, 1.82) is 0 Å². The van der Waals surface area contributed by atoms with Crippen molar-refractivity contribution in [2.75, 3.05) is 0 Å². The average Bonchev–Trinajstić information content (AvgIpc) is 1.00. The van der Waals surface area contributed by atoms with Crippen LogP contribution in [0, 0.1) is 0 Å². The minimum atomic E-state index is 0. The van der Waals surface area contributed by atoms with Crippen LogP contribution < -0.4 is 0 Å². The van der Waals surface area contributed by atoms with Gasteiger partial charge in [-0.2, -0.15) is 0 Å². The fraction of sp³-hybridized carbons (Fsp3) is 0. The summed E-state index contributed by atoms with van der Waals surface area (Å²) in [6.07, 6.45) is 0. The van der Waals surface area contributed by atoms with E-state index in [9.17, 15) is 0 Å². The summed E-state index contributed by atoms with van der Waals surface area (Å²) < 4.78 is 0. The normalized spacial score (nSPS) is 1.50. The molecule has 0 aromatic carbocycles. The van der Waals surface area contributed by atoms with Crippen LogP contribution in [0.5, 0.6) is 0 Å². The van der Waals surface area contributed by atoms with Crippen LogP contribution in [0.3, 0.4) is 0 Å². The molecule has 0 spiro atoms. The maximum absolute atomic E-state index is 3.22. The summed E-state index contributed by atoms with van der Waals surface area (Å²) in [5.41, 5.74) is 0. The van der Waals surface area contributed by atoms with E-state index in [-0.39, 0.29) is 32.1 Å². The van der Waals surface area contributed by atoms with Gasteiger partial charge in [0.05, 0.1) is 0 Å². The van der Waals surface area contributed by atoms with Gasteiger partial charge in [-0.05, 0) is 0 Å². The van der Waals surface area contributed by atoms with E-state index in [1.165, 1.54) is 0 Å². The van der Waals surface area contributed by atoms with Gasteiger partial charge in [0.2, 0.25) is 0 Å². The van der Waals surface area contributed by atoms with E-state index >= 15 is 0 Å². The quantitative estimate of drug-likeness (QED) is 0.288. The zero-order chi connectivity index (χ0) is 2.00. The first-order valence-electron chi connectivity index (χ1n) is 0.200. The molecule has 0 saturated carbocycles. The maximum Gasteiger partial charge on any atom is 0 e. The molecule has 0 aliphatic heterocycles. The number of rotatable bonds is 0. The van der Waals surface area contributed by atoms with Gasteiger partial charge in [0.25, 0.3) is 0 Å². The fourth-order valence-corrected chi connectivity index (χ4v) is 0. The monoisotopic (exact) mass is 150 g/mol. The van der Waals surface area contributed by atoms with Crippen LogP contribution in [0.15, 0.2) is 0 Å². The van der Waals surface area contributed by atoms with Crippen molar-refractivity contribution < 1.29 is 18.6 Å². The maximum atomic E-state index is 3.22. The van der Waals surface area contributed by atoms with Crippen molar-refractivity contribution in [1.82, 2.24) is 0 Å². The van der Waals surface area contributed by atoms with Crippen molar-refractivity contribution in [3.8, 4) is 0 Å². The molecule has 0 nitrogen and oxygen atoms in total. The molecule has 27 valence electrons. The second-order valence-electron chi connectivity index (χ2n) is 0. The molecule has 4 heteroatoms. The van der Waals surface area contributed by atoms with E-state index in [0.29, 0.717) is 0 Å². The van der Waals surface area contributed by atoms with E-state index in [2.05, 4.69) is 23.3 Å². The van der Waals surface area contributed by atoms with Crippen molar-refractivity contribution >= 4 is 36.8 Å². The van der Waals surface area contributed by atoms with Crippen molar-refractivity contribution in [3.63, 3.8) is 0 Å². The van der Waals surface area contributed by atoms with Gasteiger partial charge in [0, 0.05) is 18.6 Å². The third kappa shape index (κ3) is 9.44. The Labute approximate surface area is 55.3 Å².